The Morgan fingerprint density at radius 1 is 1.45 bits per heavy atom. The van der Waals surface area contributed by atoms with Gasteiger partial charge in [0.1, 0.15) is 5.75 Å². The molecule has 2 N–H and O–H groups in total. The molecule has 106 valence electrons. The SMILES string of the molecule is CCC(N)c1cnn(CCc2ccc3c(c2)CCO3)c1. The molecule has 1 atom stereocenters. The number of hydrogen-bond donors (Lipinski definition) is 1. The normalized spacial score (nSPS) is 14.9. The number of ether oxygens (including phenoxy) is 1. The average Bonchev–Trinajstić information content (AvgIpc) is 3.12. The fourth-order valence-corrected chi connectivity index (χ4v) is 2.57. The molecule has 0 saturated heterocycles. The molecule has 0 spiro atoms. The van der Waals surface area contributed by atoms with Crippen LogP contribution < -0.4 is 10.5 Å². The maximum absolute atomic E-state index is 6.01. The fourth-order valence-electron chi connectivity index (χ4n) is 2.57. The van der Waals surface area contributed by atoms with E-state index in [1.807, 2.05) is 10.9 Å². The highest BCUT2D eigenvalue weighted by Gasteiger charge is 2.12. The summed E-state index contributed by atoms with van der Waals surface area (Å²) in [6, 6.07) is 6.58. The molecule has 3 rings (SSSR count). The van der Waals surface area contributed by atoms with Crippen LogP contribution in [0.4, 0.5) is 0 Å². The molecule has 2 aromatic rings. The second-order valence-electron chi connectivity index (χ2n) is 5.34. The minimum atomic E-state index is 0.0980. The van der Waals surface area contributed by atoms with Crippen LogP contribution in [-0.4, -0.2) is 16.4 Å². The van der Waals surface area contributed by atoms with Gasteiger partial charge in [-0.25, -0.2) is 0 Å². The van der Waals surface area contributed by atoms with Crippen LogP contribution >= 0.6 is 0 Å². The van der Waals surface area contributed by atoms with Crippen molar-refractivity contribution in [2.75, 3.05) is 6.61 Å². The molecule has 0 bridgehead atoms. The molecular weight excluding hydrogens is 250 g/mol. The van der Waals surface area contributed by atoms with E-state index in [0.29, 0.717) is 0 Å². The highest BCUT2D eigenvalue weighted by atomic mass is 16.5. The molecule has 1 aromatic heterocycles. The lowest BCUT2D eigenvalue weighted by atomic mass is 10.1. The summed E-state index contributed by atoms with van der Waals surface area (Å²) >= 11 is 0. The van der Waals surface area contributed by atoms with Gasteiger partial charge in [-0.05, 0) is 30.0 Å². The van der Waals surface area contributed by atoms with Gasteiger partial charge in [-0.3, -0.25) is 4.68 Å². The largest absolute Gasteiger partial charge is 0.493 e. The first-order valence-corrected chi connectivity index (χ1v) is 7.29. The Morgan fingerprint density at radius 2 is 2.35 bits per heavy atom. The molecule has 0 radical (unpaired) electrons. The first-order valence-electron chi connectivity index (χ1n) is 7.29. The first-order chi connectivity index (χ1) is 9.76. The second kappa shape index (κ2) is 5.67. The topological polar surface area (TPSA) is 53.1 Å². The van der Waals surface area contributed by atoms with Gasteiger partial charge in [0, 0.05) is 30.8 Å². The van der Waals surface area contributed by atoms with Gasteiger partial charge in [0.15, 0.2) is 0 Å². The molecule has 2 heterocycles. The van der Waals surface area contributed by atoms with Crippen molar-refractivity contribution in [1.29, 1.82) is 0 Å². The predicted octanol–water partition coefficient (Wildman–Crippen LogP) is 2.47. The molecule has 1 aliphatic heterocycles. The minimum Gasteiger partial charge on any atom is -0.493 e. The van der Waals surface area contributed by atoms with E-state index < -0.39 is 0 Å². The van der Waals surface area contributed by atoms with Crippen molar-refractivity contribution in [1.82, 2.24) is 9.78 Å². The minimum absolute atomic E-state index is 0.0980. The summed E-state index contributed by atoms with van der Waals surface area (Å²) in [5.74, 6) is 1.05. The number of hydrogen-bond acceptors (Lipinski definition) is 3. The summed E-state index contributed by atoms with van der Waals surface area (Å²) in [6.07, 6.45) is 6.89. The van der Waals surface area contributed by atoms with E-state index in [1.165, 1.54) is 11.1 Å². The molecule has 0 fully saturated rings. The second-order valence-corrected chi connectivity index (χ2v) is 5.34. The third kappa shape index (κ3) is 2.70. The Labute approximate surface area is 119 Å². The predicted molar refractivity (Wildman–Crippen MR) is 78.8 cm³/mol. The zero-order valence-electron chi connectivity index (χ0n) is 11.9. The first kappa shape index (κ1) is 13.2. The molecule has 0 saturated carbocycles. The van der Waals surface area contributed by atoms with Crippen molar-refractivity contribution >= 4 is 0 Å². The summed E-state index contributed by atoms with van der Waals surface area (Å²) in [5.41, 5.74) is 9.80. The average molecular weight is 271 g/mol. The van der Waals surface area contributed by atoms with Gasteiger partial charge < -0.3 is 10.5 Å². The maximum atomic E-state index is 6.01. The number of nitrogens with two attached hydrogens (primary N) is 1. The van der Waals surface area contributed by atoms with Crippen molar-refractivity contribution in [2.45, 2.75) is 38.8 Å². The molecule has 1 unspecified atom stereocenters. The highest BCUT2D eigenvalue weighted by molar-refractivity contribution is 5.39. The molecule has 0 amide bonds. The lowest BCUT2D eigenvalue weighted by molar-refractivity contribution is 0.357. The fraction of sp³-hybridized carbons (Fsp3) is 0.438. The Kier molecular flexibility index (Phi) is 3.74. The van der Waals surface area contributed by atoms with Crippen LogP contribution in [0.15, 0.2) is 30.6 Å². The Bertz CT molecular complexity index is 591. The molecule has 4 heteroatoms. The van der Waals surface area contributed by atoms with E-state index in [4.69, 9.17) is 10.5 Å². The van der Waals surface area contributed by atoms with E-state index in [9.17, 15) is 0 Å². The number of nitrogens with zero attached hydrogens (tertiary/aromatic N) is 2. The summed E-state index contributed by atoms with van der Waals surface area (Å²) < 4.78 is 7.51. The number of aryl methyl sites for hydroxylation is 2. The van der Waals surface area contributed by atoms with Crippen LogP contribution in [0, 0.1) is 0 Å². The van der Waals surface area contributed by atoms with E-state index in [0.717, 1.165) is 43.7 Å². The zero-order valence-corrected chi connectivity index (χ0v) is 11.9. The maximum Gasteiger partial charge on any atom is 0.122 e. The third-order valence-corrected chi connectivity index (χ3v) is 3.90. The van der Waals surface area contributed by atoms with Gasteiger partial charge in [0.25, 0.3) is 0 Å². The van der Waals surface area contributed by atoms with Crippen molar-refractivity contribution in [2.24, 2.45) is 5.73 Å². The summed E-state index contributed by atoms with van der Waals surface area (Å²) in [5, 5.41) is 4.38. The van der Waals surface area contributed by atoms with Crippen LogP contribution in [0.3, 0.4) is 0 Å². The molecule has 20 heavy (non-hydrogen) atoms. The van der Waals surface area contributed by atoms with Gasteiger partial charge in [-0.1, -0.05) is 19.1 Å². The van der Waals surface area contributed by atoms with Crippen LogP contribution in [0.5, 0.6) is 5.75 Å². The monoisotopic (exact) mass is 271 g/mol. The van der Waals surface area contributed by atoms with E-state index in [1.54, 1.807) is 0 Å². The summed E-state index contributed by atoms with van der Waals surface area (Å²) in [6.45, 7) is 3.79. The lowest BCUT2D eigenvalue weighted by Crippen LogP contribution is -2.07. The molecular formula is C16H21N3O. The Hall–Kier alpha value is -1.81. The van der Waals surface area contributed by atoms with Crippen LogP contribution in [0.25, 0.3) is 0 Å². The van der Waals surface area contributed by atoms with Gasteiger partial charge >= 0.3 is 0 Å². The summed E-state index contributed by atoms with van der Waals surface area (Å²) in [7, 11) is 0. The Morgan fingerprint density at radius 3 is 3.20 bits per heavy atom. The van der Waals surface area contributed by atoms with Gasteiger partial charge in [-0.2, -0.15) is 5.10 Å². The lowest BCUT2D eigenvalue weighted by Gasteiger charge is -2.06. The van der Waals surface area contributed by atoms with Crippen LogP contribution in [0.2, 0.25) is 0 Å². The van der Waals surface area contributed by atoms with Crippen molar-refractivity contribution < 1.29 is 4.74 Å². The number of rotatable bonds is 5. The third-order valence-electron chi connectivity index (χ3n) is 3.90. The molecule has 0 aliphatic carbocycles. The number of benzene rings is 1. The van der Waals surface area contributed by atoms with Gasteiger partial charge in [0.2, 0.25) is 0 Å². The molecule has 1 aromatic carbocycles. The standard InChI is InChI=1S/C16H21N3O/c1-2-15(17)14-10-18-19(11-14)7-5-12-3-4-16-13(9-12)6-8-20-16/h3-4,9-11,15H,2,5-8,17H2,1H3. The van der Waals surface area contributed by atoms with Crippen molar-refractivity contribution in [3.63, 3.8) is 0 Å². The Balaban J connectivity index is 1.63. The van der Waals surface area contributed by atoms with Crippen molar-refractivity contribution in [3.05, 3.63) is 47.3 Å². The van der Waals surface area contributed by atoms with Crippen LogP contribution in [-0.2, 0) is 19.4 Å². The molecule has 1 aliphatic rings. The number of fused-ring (bicyclic) bond motifs is 1. The summed E-state index contributed by atoms with van der Waals surface area (Å²) in [4.78, 5) is 0. The van der Waals surface area contributed by atoms with Gasteiger partial charge in [-0.15, -0.1) is 0 Å². The highest BCUT2D eigenvalue weighted by Crippen LogP contribution is 2.26. The van der Waals surface area contributed by atoms with E-state index >= 15 is 0 Å². The zero-order chi connectivity index (χ0) is 13.9. The van der Waals surface area contributed by atoms with Gasteiger partial charge in [0.05, 0.1) is 12.8 Å². The number of aromatic nitrogens is 2. The quantitative estimate of drug-likeness (QED) is 0.909. The molecule has 4 nitrogen and oxygen atoms in total. The van der Waals surface area contributed by atoms with E-state index in [2.05, 4.69) is 36.4 Å². The van der Waals surface area contributed by atoms with E-state index in [-0.39, 0.29) is 6.04 Å². The van der Waals surface area contributed by atoms with Crippen LogP contribution in [0.1, 0.15) is 36.1 Å². The van der Waals surface area contributed by atoms with Crippen molar-refractivity contribution in [3.8, 4) is 5.75 Å². The smallest absolute Gasteiger partial charge is 0.122 e.